The van der Waals surface area contributed by atoms with Gasteiger partial charge in [-0.2, -0.15) is 0 Å². The summed E-state index contributed by atoms with van der Waals surface area (Å²) in [6, 6.07) is 4.02. The van der Waals surface area contributed by atoms with E-state index in [1.54, 1.807) is 6.20 Å². The quantitative estimate of drug-likeness (QED) is 0.743. The van der Waals surface area contributed by atoms with Crippen molar-refractivity contribution in [2.75, 3.05) is 38.5 Å². The molecule has 0 spiro atoms. The average molecular weight is 264 g/mol. The second kappa shape index (κ2) is 8.88. The van der Waals surface area contributed by atoms with Crippen LogP contribution >= 0.6 is 0 Å². The molecular formula is C15H28N4. The van der Waals surface area contributed by atoms with E-state index >= 15 is 0 Å². The van der Waals surface area contributed by atoms with Gasteiger partial charge in [0.2, 0.25) is 0 Å². The van der Waals surface area contributed by atoms with Crippen LogP contribution in [0.1, 0.15) is 32.8 Å². The van der Waals surface area contributed by atoms with Crippen LogP contribution in [0.5, 0.6) is 0 Å². The molecule has 1 aromatic heterocycles. The van der Waals surface area contributed by atoms with E-state index in [9.17, 15) is 0 Å². The highest BCUT2D eigenvalue weighted by atomic mass is 15.1. The Hall–Kier alpha value is -1.13. The second-order valence-electron chi connectivity index (χ2n) is 4.80. The molecule has 1 heterocycles. The summed E-state index contributed by atoms with van der Waals surface area (Å²) in [6.45, 7) is 13.1. The Bertz CT molecular complexity index is 350. The first-order valence-electron chi connectivity index (χ1n) is 7.35. The summed E-state index contributed by atoms with van der Waals surface area (Å²) in [5.74, 6) is 0.657. The first kappa shape index (κ1) is 15.9. The fourth-order valence-electron chi connectivity index (χ4n) is 2.23. The molecule has 0 aromatic carbocycles. The number of rotatable bonds is 9. The Kier molecular flexibility index (Phi) is 7.45. The van der Waals surface area contributed by atoms with Crippen molar-refractivity contribution >= 4 is 5.82 Å². The lowest BCUT2D eigenvalue weighted by Crippen LogP contribution is -2.30. The highest BCUT2D eigenvalue weighted by Crippen LogP contribution is 2.10. The normalized spacial score (nSPS) is 11.4. The number of pyridine rings is 1. The maximum atomic E-state index is 5.90. The van der Waals surface area contributed by atoms with Gasteiger partial charge in [0.05, 0.1) is 0 Å². The van der Waals surface area contributed by atoms with E-state index in [-0.39, 0.29) is 0 Å². The number of aromatic nitrogens is 1. The van der Waals surface area contributed by atoms with Crippen LogP contribution in [-0.4, -0.2) is 47.5 Å². The number of anilines is 1. The van der Waals surface area contributed by atoms with Gasteiger partial charge in [-0.15, -0.1) is 0 Å². The van der Waals surface area contributed by atoms with Gasteiger partial charge in [-0.25, -0.2) is 4.98 Å². The number of nitrogens with two attached hydrogens (primary N) is 1. The number of nitrogen functional groups attached to an aromatic ring is 1. The molecule has 0 saturated carbocycles. The predicted octanol–water partition coefficient (Wildman–Crippen LogP) is 2.22. The summed E-state index contributed by atoms with van der Waals surface area (Å²) in [6.07, 6.45) is 2.95. The van der Waals surface area contributed by atoms with Gasteiger partial charge >= 0.3 is 0 Å². The molecule has 4 nitrogen and oxygen atoms in total. The van der Waals surface area contributed by atoms with Gasteiger partial charge in [0.1, 0.15) is 5.82 Å². The minimum absolute atomic E-state index is 0.657. The summed E-state index contributed by atoms with van der Waals surface area (Å²) in [7, 11) is 0. The van der Waals surface area contributed by atoms with Crippen LogP contribution in [-0.2, 0) is 6.54 Å². The van der Waals surface area contributed by atoms with E-state index in [0.29, 0.717) is 5.82 Å². The molecule has 108 valence electrons. The molecule has 1 aromatic rings. The van der Waals surface area contributed by atoms with Crippen molar-refractivity contribution in [3.8, 4) is 0 Å². The van der Waals surface area contributed by atoms with Gasteiger partial charge < -0.3 is 10.6 Å². The van der Waals surface area contributed by atoms with Crippen molar-refractivity contribution in [2.24, 2.45) is 0 Å². The average Bonchev–Trinajstić information content (AvgIpc) is 2.44. The van der Waals surface area contributed by atoms with Crippen molar-refractivity contribution in [1.82, 2.24) is 14.8 Å². The van der Waals surface area contributed by atoms with Crippen molar-refractivity contribution in [3.05, 3.63) is 23.9 Å². The highest BCUT2D eigenvalue weighted by Gasteiger charge is 2.07. The summed E-state index contributed by atoms with van der Waals surface area (Å²) in [5, 5.41) is 0. The van der Waals surface area contributed by atoms with E-state index < -0.39 is 0 Å². The summed E-state index contributed by atoms with van der Waals surface area (Å²) in [5.41, 5.74) is 7.03. The van der Waals surface area contributed by atoms with Crippen LogP contribution in [0.2, 0.25) is 0 Å². The van der Waals surface area contributed by atoms with E-state index in [4.69, 9.17) is 5.73 Å². The van der Waals surface area contributed by atoms with Gasteiger partial charge in [0, 0.05) is 18.3 Å². The minimum atomic E-state index is 0.657. The SMILES string of the molecule is CCN(CC)CCCN(CC)Cc1cccnc1N. The number of hydrogen-bond donors (Lipinski definition) is 1. The zero-order valence-electron chi connectivity index (χ0n) is 12.6. The Balaban J connectivity index is 2.40. The summed E-state index contributed by atoms with van der Waals surface area (Å²) in [4.78, 5) is 9.04. The largest absolute Gasteiger partial charge is 0.383 e. The van der Waals surface area contributed by atoms with Crippen LogP contribution < -0.4 is 5.73 Å². The lowest BCUT2D eigenvalue weighted by Gasteiger charge is -2.23. The van der Waals surface area contributed by atoms with E-state index in [0.717, 1.165) is 38.3 Å². The van der Waals surface area contributed by atoms with Crippen LogP contribution in [0.15, 0.2) is 18.3 Å². The summed E-state index contributed by atoms with van der Waals surface area (Å²) >= 11 is 0. The number of hydrogen-bond acceptors (Lipinski definition) is 4. The third-order valence-corrected chi connectivity index (χ3v) is 3.61. The molecule has 2 N–H and O–H groups in total. The second-order valence-corrected chi connectivity index (χ2v) is 4.80. The molecule has 0 bridgehead atoms. The minimum Gasteiger partial charge on any atom is -0.383 e. The smallest absolute Gasteiger partial charge is 0.127 e. The van der Waals surface area contributed by atoms with Crippen molar-refractivity contribution in [2.45, 2.75) is 33.7 Å². The molecular weight excluding hydrogens is 236 g/mol. The van der Waals surface area contributed by atoms with Crippen LogP contribution in [0.3, 0.4) is 0 Å². The first-order valence-corrected chi connectivity index (χ1v) is 7.35. The van der Waals surface area contributed by atoms with Gasteiger partial charge in [-0.05, 0) is 45.2 Å². The van der Waals surface area contributed by atoms with E-state index in [2.05, 4.69) is 41.6 Å². The molecule has 0 fully saturated rings. The van der Waals surface area contributed by atoms with E-state index in [1.807, 2.05) is 6.07 Å². The van der Waals surface area contributed by atoms with Crippen molar-refractivity contribution in [1.29, 1.82) is 0 Å². The Morgan fingerprint density at radius 3 is 2.26 bits per heavy atom. The fraction of sp³-hybridized carbons (Fsp3) is 0.667. The monoisotopic (exact) mass is 264 g/mol. The van der Waals surface area contributed by atoms with Crippen LogP contribution in [0.25, 0.3) is 0 Å². The highest BCUT2D eigenvalue weighted by molar-refractivity contribution is 5.38. The van der Waals surface area contributed by atoms with Gasteiger partial charge in [-0.3, -0.25) is 4.90 Å². The zero-order valence-corrected chi connectivity index (χ0v) is 12.6. The molecule has 0 saturated heterocycles. The summed E-state index contributed by atoms with van der Waals surface area (Å²) < 4.78 is 0. The molecule has 0 aliphatic carbocycles. The maximum Gasteiger partial charge on any atom is 0.127 e. The Morgan fingerprint density at radius 2 is 1.68 bits per heavy atom. The standard InChI is InChI=1S/C15H28N4/c1-4-18(5-2)11-8-12-19(6-3)13-14-9-7-10-17-15(14)16/h7,9-10H,4-6,8,11-13H2,1-3H3,(H2,16,17). The molecule has 0 aliphatic rings. The van der Waals surface area contributed by atoms with Gasteiger partial charge in [-0.1, -0.05) is 26.8 Å². The van der Waals surface area contributed by atoms with Crippen LogP contribution in [0, 0.1) is 0 Å². The molecule has 0 unspecified atom stereocenters. The molecule has 19 heavy (non-hydrogen) atoms. The molecule has 0 atom stereocenters. The van der Waals surface area contributed by atoms with Crippen molar-refractivity contribution < 1.29 is 0 Å². The fourth-order valence-corrected chi connectivity index (χ4v) is 2.23. The predicted molar refractivity (Wildman–Crippen MR) is 82.0 cm³/mol. The first-order chi connectivity index (χ1) is 9.21. The van der Waals surface area contributed by atoms with Crippen molar-refractivity contribution in [3.63, 3.8) is 0 Å². The van der Waals surface area contributed by atoms with E-state index in [1.165, 1.54) is 13.0 Å². The third-order valence-electron chi connectivity index (χ3n) is 3.61. The van der Waals surface area contributed by atoms with Crippen LogP contribution in [0.4, 0.5) is 5.82 Å². The molecule has 4 heteroatoms. The zero-order chi connectivity index (χ0) is 14.1. The Morgan fingerprint density at radius 1 is 1.05 bits per heavy atom. The Labute approximate surface area is 117 Å². The lowest BCUT2D eigenvalue weighted by molar-refractivity contribution is 0.238. The van der Waals surface area contributed by atoms with Gasteiger partial charge in [0.15, 0.2) is 0 Å². The topological polar surface area (TPSA) is 45.4 Å². The lowest BCUT2D eigenvalue weighted by atomic mass is 10.2. The molecule has 0 amide bonds. The molecule has 0 aliphatic heterocycles. The maximum absolute atomic E-state index is 5.90. The third kappa shape index (κ3) is 5.57. The van der Waals surface area contributed by atoms with Gasteiger partial charge in [0.25, 0.3) is 0 Å². The molecule has 1 rings (SSSR count). The number of nitrogens with zero attached hydrogens (tertiary/aromatic N) is 3. The molecule has 0 radical (unpaired) electrons.